The van der Waals surface area contributed by atoms with Crippen molar-refractivity contribution in [3.8, 4) is 0 Å². The average molecular weight is 610 g/mol. The molecular weight excluding hydrogens is 587 g/mol. The molecule has 0 saturated carbocycles. The van der Waals surface area contributed by atoms with Gasteiger partial charge in [0.1, 0.15) is 0 Å². The molecule has 0 atom stereocenters. The quantitative estimate of drug-likeness (QED) is 0.102. The number of carbonyl (C=O) groups is 2. The Morgan fingerprint density at radius 3 is 1.98 bits per heavy atom. The highest BCUT2D eigenvalue weighted by Gasteiger charge is 2.14. The molecule has 40 heavy (non-hydrogen) atoms. The van der Waals surface area contributed by atoms with Gasteiger partial charge in [-0.1, -0.05) is 41.2 Å². The van der Waals surface area contributed by atoms with Gasteiger partial charge in [0.2, 0.25) is 11.8 Å². The predicted molar refractivity (Wildman–Crippen MR) is 165 cm³/mol. The van der Waals surface area contributed by atoms with Gasteiger partial charge in [0.25, 0.3) is 5.69 Å². The molecule has 0 aliphatic heterocycles. The van der Waals surface area contributed by atoms with Crippen molar-refractivity contribution in [3.63, 3.8) is 0 Å². The zero-order chi connectivity index (χ0) is 28.4. The van der Waals surface area contributed by atoms with Crippen LogP contribution in [0.15, 0.2) is 57.2 Å². The van der Waals surface area contributed by atoms with Crippen molar-refractivity contribution in [2.45, 2.75) is 29.5 Å². The number of non-ortho nitro benzene ring substituents is 1. The van der Waals surface area contributed by atoms with Gasteiger partial charge >= 0.3 is 0 Å². The van der Waals surface area contributed by atoms with E-state index in [2.05, 4.69) is 32.7 Å². The van der Waals surface area contributed by atoms with E-state index < -0.39 is 4.92 Å². The lowest BCUT2D eigenvalue weighted by molar-refractivity contribution is -0.384. The Balaban J connectivity index is 1.16. The maximum atomic E-state index is 12.6. The van der Waals surface area contributed by atoms with E-state index in [0.29, 0.717) is 20.2 Å². The number of rotatable bonds is 9. The van der Waals surface area contributed by atoms with Crippen LogP contribution in [0.3, 0.4) is 0 Å². The Kier molecular flexibility index (Phi) is 8.35. The first-order chi connectivity index (χ1) is 19.1. The van der Waals surface area contributed by atoms with Gasteiger partial charge < -0.3 is 10.6 Å². The second-order valence-corrected chi connectivity index (χ2v) is 13.5. The Hall–Kier alpha value is -3.52. The molecule has 5 rings (SSSR count). The zero-order valence-corrected chi connectivity index (χ0v) is 24.9. The minimum atomic E-state index is -0.439. The van der Waals surface area contributed by atoms with Crippen molar-refractivity contribution in [3.05, 3.63) is 75.3 Å². The second kappa shape index (κ2) is 11.9. The third-order valence-electron chi connectivity index (χ3n) is 5.81. The third kappa shape index (κ3) is 6.61. The van der Waals surface area contributed by atoms with Gasteiger partial charge in [-0.05, 0) is 56.2 Å². The number of thiazole rings is 2. The maximum Gasteiger partial charge on any atom is 0.270 e. The lowest BCUT2D eigenvalue weighted by Crippen LogP contribution is -2.15. The number of aryl methyl sites for hydroxylation is 3. The number of fused-ring (bicyclic) bond motifs is 2. The summed E-state index contributed by atoms with van der Waals surface area (Å²) < 4.78 is 3.06. The number of thioether (sulfide) groups is 2. The van der Waals surface area contributed by atoms with Crippen LogP contribution in [0.1, 0.15) is 16.7 Å². The fourth-order valence-electron chi connectivity index (χ4n) is 4.11. The lowest BCUT2D eigenvalue weighted by Gasteiger charge is -2.12. The minimum absolute atomic E-state index is 0.0149. The SMILES string of the molecule is Cc1cc(C)c(NC(=O)CSc2nc3ccc(NC(=O)CSc4nc5ccc([N+](=O)[O-])cc5s4)cc3s2)c(C)c1. The van der Waals surface area contributed by atoms with Crippen LogP contribution in [0.5, 0.6) is 0 Å². The van der Waals surface area contributed by atoms with Gasteiger partial charge in [-0.2, -0.15) is 0 Å². The van der Waals surface area contributed by atoms with Crippen LogP contribution < -0.4 is 10.6 Å². The van der Waals surface area contributed by atoms with Gasteiger partial charge in [0.15, 0.2) is 8.68 Å². The number of nitro groups is 1. The Labute approximate surface area is 246 Å². The molecule has 0 aliphatic carbocycles. The van der Waals surface area contributed by atoms with E-state index in [4.69, 9.17) is 0 Å². The third-order valence-corrected chi connectivity index (χ3v) is 10.1. The molecule has 2 heterocycles. The molecule has 2 N–H and O–H groups in total. The van der Waals surface area contributed by atoms with Gasteiger partial charge in [-0.3, -0.25) is 19.7 Å². The lowest BCUT2D eigenvalue weighted by atomic mass is 10.1. The number of nitrogens with zero attached hydrogens (tertiary/aromatic N) is 3. The zero-order valence-electron chi connectivity index (χ0n) is 21.6. The molecule has 0 bridgehead atoms. The number of amides is 2. The molecule has 0 spiro atoms. The summed E-state index contributed by atoms with van der Waals surface area (Å²) in [6, 6.07) is 14.1. The summed E-state index contributed by atoms with van der Waals surface area (Å²) >= 11 is 5.45. The summed E-state index contributed by atoms with van der Waals surface area (Å²) in [5.74, 6) is 0.119. The number of hydrogen-bond donors (Lipinski definition) is 2. The molecular formula is C27H23N5O4S4. The molecule has 204 valence electrons. The summed E-state index contributed by atoms with van der Waals surface area (Å²) in [6.07, 6.45) is 0. The Morgan fingerprint density at radius 1 is 0.825 bits per heavy atom. The first-order valence-electron chi connectivity index (χ1n) is 12.0. The van der Waals surface area contributed by atoms with Gasteiger partial charge in [0, 0.05) is 23.5 Å². The van der Waals surface area contributed by atoms with Crippen LogP contribution >= 0.6 is 46.2 Å². The van der Waals surface area contributed by atoms with Crippen LogP contribution in [0.2, 0.25) is 0 Å². The molecule has 2 amide bonds. The van der Waals surface area contributed by atoms with Crippen LogP contribution in [0.4, 0.5) is 17.1 Å². The number of carbonyl (C=O) groups excluding carboxylic acids is 2. The molecule has 0 aliphatic rings. The van der Waals surface area contributed by atoms with Crippen molar-refractivity contribution in [2.75, 3.05) is 22.1 Å². The van der Waals surface area contributed by atoms with E-state index in [0.717, 1.165) is 36.9 Å². The average Bonchev–Trinajstić information content (AvgIpc) is 3.50. The molecule has 2 aromatic heterocycles. The molecule has 0 unspecified atom stereocenters. The standard InChI is InChI=1S/C27H23N5O4S4/c1-14-8-15(2)25(16(3)9-14)31-24(34)13-38-26-29-19-6-4-17(10-21(19)39-26)28-23(33)12-37-27-30-20-7-5-18(32(35)36)11-22(20)40-27/h4-11H,12-13H2,1-3H3,(H,28,33)(H,31,34). The first-order valence-corrected chi connectivity index (χ1v) is 15.6. The molecule has 0 radical (unpaired) electrons. The molecule has 5 aromatic rings. The minimum Gasteiger partial charge on any atom is -0.325 e. The fraction of sp³-hybridized carbons (Fsp3) is 0.185. The van der Waals surface area contributed by atoms with Crippen LogP contribution in [-0.2, 0) is 9.59 Å². The van der Waals surface area contributed by atoms with E-state index >= 15 is 0 Å². The number of nitrogens with one attached hydrogen (secondary N) is 2. The van der Waals surface area contributed by atoms with Crippen molar-refractivity contribution >= 4 is 95.5 Å². The first kappa shape index (κ1) is 28.0. The number of aromatic nitrogens is 2. The number of nitro benzene ring substituents is 1. The van der Waals surface area contributed by atoms with Crippen molar-refractivity contribution < 1.29 is 14.5 Å². The highest BCUT2D eigenvalue weighted by Crippen LogP contribution is 2.33. The fourth-order valence-corrected chi connectivity index (χ4v) is 7.92. The monoisotopic (exact) mass is 609 g/mol. The summed E-state index contributed by atoms with van der Waals surface area (Å²) in [4.78, 5) is 44.8. The van der Waals surface area contributed by atoms with Crippen molar-refractivity contribution in [1.82, 2.24) is 9.97 Å². The Bertz CT molecular complexity index is 1760. The van der Waals surface area contributed by atoms with E-state index in [1.807, 2.05) is 32.9 Å². The summed E-state index contributed by atoms with van der Waals surface area (Å²) in [5.41, 5.74) is 6.23. The van der Waals surface area contributed by atoms with Crippen LogP contribution in [-0.4, -0.2) is 38.2 Å². The van der Waals surface area contributed by atoms with Gasteiger partial charge in [0.05, 0.1) is 36.9 Å². The van der Waals surface area contributed by atoms with Crippen molar-refractivity contribution in [1.29, 1.82) is 0 Å². The normalized spacial score (nSPS) is 11.2. The van der Waals surface area contributed by atoms with Gasteiger partial charge in [-0.25, -0.2) is 9.97 Å². The summed E-state index contributed by atoms with van der Waals surface area (Å²) in [7, 11) is 0. The molecule has 0 saturated heterocycles. The molecule has 9 nitrogen and oxygen atoms in total. The number of benzene rings is 3. The van der Waals surface area contributed by atoms with Crippen LogP contribution in [0, 0.1) is 30.9 Å². The number of anilines is 2. The largest absolute Gasteiger partial charge is 0.325 e. The van der Waals surface area contributed by atoms with E-state index in [-0.39, 0.29) is 29.0 Å². The summed E-state index contributed by atoms with van der Waals surface area (Å²) in [6.45, 7) is 6.01. The van der Waals surface area contributed by atoms with Gasteiger partial charge in [-0.15, -0.1) is 22.7 Å². The topological polar surface area (TPSA) is 127 Å². The smallest absolute Gasteiger partial charge is 0.270 e. The molecule has 0 fully saturated rings. The van der Waals surface area contributed by atoms with E-state index in [1.54, 1.807) is 12.1 Å². The molecule has 3 aromatic carbocycles. The second-order valence-electron chi connectivity index (χ2n) is 9.00. The predicted octanol–water partition coefficient (Wildman–Crippen LogP) is 7.20. The number of hydrogen-bond acceptors (Lipinski definition) is 10. The van der Waals surface area contributed by atoms with Crippen LogP contribution in [0.25, 0.3) is 20.4 Å². The van der Waals surface area contributed by atoms with E-state index in [1.165, 1.54) is 58.3 Å². The highest BCUT2D eigenvalue weighted by molar-refractivity contribution is 8.02. The van der Waals surface area contributed by atoms with Crippen molar-refractivity contribution in [2.24, 2.45) is 0 Å². The van der Waals surface area contributed by atoms with E-state index in [9.17, 15) is 19.7 Å². The maximum absolute atomic E-state index is 12.6. The summed E-state index contributed by atoms with van der Waals surface area (Å²) in [5, 5.41) is 16.9. The Morgan fingerprint density at radius 2 is 1.38 bits per heavy atom. The molecule has 13 heteroatoms. The highest BCUT2D eigenvalue weighted by atomic mass is 32.2.